The second-order valence-electron chi connectivity index (χ2n) is 2.42. The molecular formula is C7H4Cl3NO5S. The molecule has 0 fully saturated rings. The van der Waals surface area contributed by atoms with Crippen molar-refractivity contribution >= 4 is 53.1 Å². The summed E-state index contributed by atoms with van der Waals surface area (Å²) in [6.45, 7) is 0. The van der Waals surface area contributed by atoms with Crippen molar-refractivity contribution in [3.05, 3.63) is 33.9 Å². The van der Waals surface area contributed by atoms with Crippen LogP contribution in [-0.2, 0) is 9.23 Å². The molecule has 0 saturated heterocycles. The summed E-state index contributed by atoms with van der Waals surface area (Å²) < 4.78 is 9.09. The third-order valence-corrected chi connectivity index (χ3v) is 1.61. The number of benzene rings is 1. The average molecular weight is 321 g/mol. The van der Waals surface area contributed by atoms with Crippen LogP contribution in [0.2, 0.25) is 0 Å². The molecule has 17 heavy (non-hydrogen) atoms. The fourth-order valence-corrected chi connectivity index (χ4v) is 0.960. The molecule has 0 aromatic heterocycles. The highest BCUT2D eigenvalue weighted by molar-refractivity contribution is 8.26. The maximum atomic E-state index is 10.6. The Bertz CT molecular complexity index is 463. The Kier molecular flexibility index (Phi) is 7.05. The van der Waals surface area contributed by atoms with Crippen LogP contribution in [0.15, 0.2) is 18.2 Å². The van der Waals surface area contributed by atoms with Crippen molar-refractivity contribution in [1.29, 1.82) is 0 Å². The van der Waals surface area contributed by atoms with E-state index in [2.05, 4.69) is 21.4 Å². The zero-order valence-corrected chi connectivity index (χ0v) is 10.9. The van der Waals surface area contributed by atoms with Crippen LogP contribution >= 0.6 is 33.0 Å². The lowest BCUT2D eigenvalue weighted by molar-refractivity contribution is -0.384. The lowest BCUT2D eigenvalue weighted by Crippen LogP contribution is -1.92. The Morgan fingerprint density at radius 1 is 1.41 bits per heavy atom. The third-order valence-electron chi connectivity index (χ3n) is 1.40. The molecule has 0 unspecified atom stereocenters. The van der Waals surface area contributed by atoms with E-state index in [1.807, 2.05) is 0 Å². The predicted molar refractivity (Wildman–Crippen MR) is 64.8 cm³/mol. The van der Waals surface area contributed by atoms with Gasteiger partial charge in [0, 0.05) is 27.4 Å². The summed E-state index contributed by atoms with van der Waals surface area (Å²) in [5.41, 5.74) is -0.438. The van der Waals surface area contributed by atoms with Gasteiger partial charge in [0.25, 0.3) is 10.9 Å². The highest BCUT2D eigenvalue weighted by atomic mass is 36.0. The molecule has 0 aliphatic heterocycles. The van der Waals surface area contributed by atoms with Crippen LogP contribution in [-0.4, -0.2) is 19.5 Å². The highest BCUT2D eigenvalue weighted by Gasteiger charge is 2.13. The van der Waals surface area contributed by atoms with Gasteiger partial charge in [-0.15, -0.1) is 0 Å². The molecule has 6 nitrogen and oxygen atoms in total. The largest absolute Gasteiger partial charge is 0.507 e. The molecule has 0 bridgehead atoms. The van der Waals surface area contributed by atoms with E-state index in [9.17, 15) is 14.9 Å². The molecule has 1 rings (SSSR count). The first-order valence-corrected chi connectivity index (χ1v) is 6.85. The van der Waals surface area contributed by atoms with Crippen LogP contribution in [0.3, 0.4) is 0 Å². The molecule has 0 radical (unpaired) electrons. The van der Waals surface area contributed by atoms with Crippen LogP contribution in [0.1, 0.15) is 10.4 Å². The van der Waals surface area contributed by atoms with E-state index in [-0.39, 0.29) is 11.3 Å². The minimum atomic E-state index is -1.67. The van der Waals surface area contributed by atoms with Crippen molar-refractivity contribution in [2.45, 2.75) is 0 Å². The van der Waals surface area contributed by atoms with E-state index in [4.69, 9.17) is 20.9 Å². The molecule has 1 aromatic carbocycles. The van der Waals surface area contributed by atoms with Crippen molar-refractivity contribution in [2.75, 3.05) is 0 Å². The number of carbonyl (C=O) groups is 1. The molecule has 94 valence electrons. The first-order valence-electron chi connectivity index (χ1n) is 3.67. The van der Waals surface area contributed by atoms with Crippen molar-refractivity contribution in [3.63, 3.8) is 0 Å². The van der Waals surface area contributed by atoms with Gasteiger partial charge in [-0.2, -0.15) is 0 Å². The molecule has 0 heterocycles. The fourth-order valence-electron chi connectivity index (χ4n) is 0.800. The number of nitro benzene ring substituents is 1. The molecule has 1 N–H and O–H groups in total. The maximum Gasteiger partial charge on any atom is 0.273 e. The van der Waals surface area contributed by atoms with Gasteiger partial charge in [0.1, 0.15) is 5.75 Å². The van der Waals surface area contributed by atoms with Crippen LogP contribution in [0.25, 0.3) is 0 Å². The van der Waals surface area contributed by atoms with Gasteiger partial charge in [0.15, 0.2) is 0 Å². The monoisotopic (exact) mass is 319 g/mol. The summed E-state index contributed by atoms with van der Waals surface area (Å²) in [5.74, 6) is -0.491. The summed E-state index contributed by atoms with van der Waals surface area (Å²) in [6, 6.07) is 3.06. The zero-order chi connectivity index (χ0) is 13.6. The van der Waals surface area contributed by atoms with E-state index < -0.39 is 25.1 Å². The summed E-state index contributed by atoms with van der Waals surface area (Å²) >= 11 is 5.07. The average Bonchev–Trinajstić information content (AvgIpc) is 2.15. The molecule has 1 aromatic rings. The second-order valence-corrected chi connectivity index (χ2v) is 5.28. The van der Waals surface area contributed by atoms with Gasteiger partial charge in [-0.1, -0.05) is 0 Å². The SMILES string of the molecule is O=C(Cl)c1ccc([N+](=O)[O-])cc1O.O=S(Cl)Cl. The fraction of sp³-hybridized carbons (Fsp3) is 0. The molecule has 10 heteroatoms. The van der Waals surface area contributed by atoms with Gasteiger partial charge >= 0.3 is 0 Å². The number of carbonyl (C=O) groups excluding carboxylic acids is 1. The number of hydrogen-bond donors (Lipinski definition) is 1. The molecular weight excluding hydrogens is 317 g/mol. The first-order chi connectivity index (χ1) is 7.75. The Morgan fingerprint density at radius 2 is 1.88 bits per heavy atom. The molecule has 0 spiro atoms. The minimum Gasteiger partial charge on any atom is -0.507 e. The summed E-state index contributed by atoms with van der Waals surface area (Å²) in [5, 5.41) is 18.5. The normalized spacial score (nSPS) is 9.41. The van der Waals surface area contributed by atoms with Crippen molar-refractivity contribution < 1.29 is 19.0 Å². The van der Waals surface area contributed by atoms with E-state index >= 15 is 0 Å². The number of aromatic hydroxyl groups is 1. The minimum absolute atomic E-state index is 0.146. The topological polar surface area (TPSA) is 97.5 Å². The molecule has 0 atom stereocenters. The Morgan fingerprint density at radius 3 is 2.18 bits per heavy atom. The standard InChI is InChI=1S/C7H4ClNO4.Cl2OS/c8-7(11)5-2-1-4(9(12)13)3-6(5)10;1-4(2)3/h1-3,10H;. The van der Waals surface area contributed by atoms with Gasteiger partial charge in [-0.3, -0.25) is 14.9 Å². The number of hydrogen-bond acceptors (Lipinski definition) is 5. The number of phenols is 1. The van der Waals surface area contributed by atoms with E-state index in [0.717, 1.165) is 18.2 Å². The Balaban J connectivity index is 0.000000557. The summed E-state index contributed by atoms with van der Waals surface area (Å²) in [6.07, 6.45) is 0. The Hall–Kier alpha value is -0.890. The second kappa shape index (κ2) is 7.44. The Labute approximate surface area is 112 Å². The molecule has 0 saturated carbocycles. The van der Waals surface area contributed by atoms with Crippen LogP contribution in [0.5, 0.6) is 5.75 Å². The third kappa shape index (κ3) is 6.42. The van der Waals surface area contributed by atoms with Crippen molar-refractivity contribution in [1.82, 2.24) is 0 Å². The summed E-state index contributed by atoms with van der Waals surface area (Å²) in [4.78, 5) is 20.1. The summed E-state index contributed by atoms with van der Waals surface area (Å²) in [7, 11) is 7.36. The smallest absolute Gasteiger partial charge is 0.273 e. The number of halogens is 3. The van der Waals surface area contributed by atoms with Gasteiger partial charge in [0.2, 0.25) is 9.23 Å². The van der Waals surface area contributed by atoms with Gasteiger partial charge in [0.05, 0.1) is 16.6 Å². The van der Waals surface area contributed by atoms with Gasteiger partial charge < -0.3 is 5.11 Å². The lowest BCUT2D eigenvalue weighted by Gasteiger charge is -1.97. The van der Waals surface area contributed by atoms with Crippen LogP contribution < -0.4 is 0 Å². The number of phenolic OH excluding ortho intramolecular Hbond substituents is 1. The number of nitro groups is 1. The number of non-ortho nitro benzene ring substituents is 1. The van der Waals surface area contributed by atoms with Crippen LogP contribution in [0.4, 0.5) is 5.69 Å². The molecule has 0 amide bonds. The van der Waals surface area contributed by atoms with E-state index in [0.29, 0.717) is 0 Å². The number of nitrogens with zero attached hydrogens (tertiary/aromatic N) is 1. The lowest BCUT2D eigenvalue weighted by atomic mass is 10.2. The van der Waals surface area contributed by atoms with Gasteiger partial charge in [-0.05, 0) is 17.7 Å². The van der Waals surface area contributed by atoms with E-state index in [1.54, 1.807) is 0 Å². The predicted octanol–water partition coefficient (Wildman–Crippen LogP) is 2.72. The van der Waals surface area contributed by atoms with Crippen molar-refractivity contribution in [3.8, 4) is 5.75 Å². The maximum absolute atomic E-state index is 10.6. The highest BCUT2D eigenvalue weighted by Crippen LogP contribution is 2.24. The zero-order valence-electron chi connectivity index (χ0n) is 7.80. The van der Waals surface area contributed by atoms with Crippen molar-refractivity contribution in [2.24, 2.45) is 0 Å². The molecule has 0 aliphatic carbocycles. The van der Waals surface area contributed by atoms with Crippen LogP contribution in [0, 0.1) is 10.1 Å². The number of rotatable bonds is 2. The first kappa shape index (κ1) is 16.1. The van der Waals surface area contributed by atoms with E-state index in [1.165, 1.54) is 0 Å². The quantitative estimate of drug-likeness (QED) is 0.513. The molecule has 0 aliphatic rings. The van der Waals surface area contributed by atoms with Gasteiger partial charge in [-0.25, -0.2) is 4.21 Å².